The Labute approximate surface area is 125 Å². The quantitative estimate of drug-likeness (QED) is 0.608. The summed E-state index contributed by atoms with van der Waals surface area (Å²) in [7, 11) is 0. The fourth-order valence-electron chi connectivity index (χ4n) is 2.13. The van der Waals surface area contributed by atoms with E-state index in [2.05, 4.69) is 36.4 Å². The van der Waals surface area contributed by atoms with Crippen molar-refractivity contribution in [1.29, 1.82) is 0 Å². The van der Waals surface area contributed by atoms with Crippen LogP contribution in [0.25, 0.3) is 6.08 Å². The number of carbonyl (C=O) groups is 1. The number of carbonyl (C=O) groups excluding carboxylic acids is 1. The van der Waals surface area contributed by atoms with Crippen molar-refractivity contribution >= 4 is 31.8 Å². The fourth-order valence-corrected chi connectivity index (χ4v) is 4.55. The fraction of sp³-hybridized carbons (Fsp3) is 0.167. The van der Waals surface area contributed by atoms with Gasteiger partial charge in [0.15, 0.2) is 0 Å². The van der Waals surface area contributed by atoms with Crippen molar-refractivity contribution in [3.8, 4) is 0 Å². The molecule has 0 aromatic heterocycles. The first kappa shape index (κ1) is 13.4. The Kier molecular flexibility index (Phi) is 4.15. The molecule has 0 heterocycles. The number of benzene rings is 2. The SMILES string of the molecule is O=Cc1ccccc1/C=C(/[Se]c1ccccc1)C1CC1. The minimum atomic E-state index is 0.360. The van der Waals surface area contributed by atoms with Crippen molar-refractivity contribution in [2.24, 2.45) is 5.92 Å². The normalized spacial score (nSPS) is 15.1. The molecule has 0 N–H and O–H groups in total. The molecule has 20 heavy (non-hydrogen) atoms. The maximum atomic E-state index is 11.1. The van der Waals surface area contributed by atoms with E-state index in [0.717, 1.165) is 23.3 Å². The zero-order valence-electron chi connectivity index (χ0n) is 11.2. The van der Waals surface area contributed by atoms with Gasteiger partial charge in [-0.1, -0.05) is 0 Å². The van der Waals surface area contributed by atoms with Crippen molar-refractivity contribution in [2.45, 2.75) is 12.8 Å². The van der Waals surface area contributed by atoms with Crippen LogP contribution < -0.4 is 4.46 Å². The van der Waals surface area contributed by atoms with Crippen molar-refractivity contribution in [1.82, 2.24) is 0 Å². The van der Waals surface area contributed by atoms with Crippen LogP contribution in [-0.2, 0) is 0 Å². The molecule has 2 aromatic carbocycles. The molecule has 1 fully saturated rings. The summed E-state index contributed by atoms with van der Waals surface area (Å²) in [5.41, 5.74) is 1.84. The van der Waals surface area contributed by atoms with Crippen LogP contribution in [-0.4, -0.2) is 21.2 Å². The van der Waals surface area contributed by atoms with E-state index in [4.69, 9.17) is 0 Å². The molecule has 0 unspecified atom stereocenters. The van der Waals surface area contributed by atoms with E-state index in [9.17, 15) is 4.79 Å². The molecule has 0 aliphatic heterocycles. The van der Waals surface area contributed by atoms with Crippen LogP contribution in [0.1, 0.15) is 28.8 Å². The molecule has 0 spiro atoms. The molecule has 3 rings (SSSR count). The average molecular weight is 327 g/mol. The molecule has 2 heteroatoms. The molecular weight excluding hydrogens is 311 g/mol. The van der Waals surface area contributed by atoms with Gasteiger partial charge >= 0.3 is 126 Å². The number of allylic oxidation sites excluding steroid dienone is 1. The summed E-state index contributed by atoms with van der Waals surface area (Å²) < 4.78 is 2.92. The molecule has 1 aliphatic carbocycles. The van der Waals surface area contributed by atoms with Crippen LogP contribution in [0.15, 0.2) is 59.1 Å². The molecule has 0 radical (unpaired) electrons. The molecule has 0 bridgehead atoms. The zero-order chi connectivity index (χ0) is 13.8. The van der Waals surface area contributed by atoms with E-state index in [1.54, 1.807) is 0 Å². The topological polar surface area (TPSA) is 17.1 Å². The summed E-state index contributed by atoms with van der Waals surface area (Å²) in [5, 5.41) is 0. The van der Waals surface area contributed by atoms with Crippen molar-refractivity contribution < 1.29 is 4.79 Å². The summed E-state index contributed by atoms with van der Waals surface area (Å²) in [6.45, 7) is 0. The predicted molar refractivity (Wildman–Crippen MR) is 84.4 cm³/mol. The molecular formula is C18H16OSe. The number of aldehydes is 1. The van der Waals surface area contributed by atoms with E-state index in [1.807, 2.05) is 24.3 Å². The van der Waals surface area contributed by atoms with Crippen molar-refractivity contribution in [3.05, 3.63) is 70.2 Å². The van der Waals surface area contributed by atoms with Crippen LogP contribution in [0.4, 0.5) is 0 Å². The van der Waals surface area contributed by atoms with Gasteiger partial charge in [0.1, 0.15) is 0 Å². The second-order valence-electron chi connectivity index (χ2n) is 4.98. The van der Waals surface area contributed by atoms with Crippen molar-refractivity contribution in [3.63, 3.8) is 0 Å². The van der Waals surface area contributed by atoms with Crippen LogP contribution >= 0.6 is 0 Å². The molecule has 1 saturated carbocycles. The second-order valence-corrected chi connectivity index (χ2v) is 7.39. The molecule has 2 aromatic rings. The Morgan fingerprint density at radius 1 is 0.950 bits per heavy atom. The second kappa shape index (κ2) is 6.21. The third-order valence-corrected chi connectivity index (χ3v) is 5.89. The van der Waals surface area contributed by atoms with Gasteiger partial charge < -0.3 is 0 Å². The van der Waals surface area contributed by atoms with E-state index in [-0.39, 0.29) is 0 Å². The Balaban J connectivity index is 1.90. The van der Waals surface area contributed by atoms with E-state index >= 15 is 0 Å². The Morgan fingerprint density at radius 2 is 1.60 bits per heavy atom. The van der Waals surface area contributed by atoms with Gasteiger partial charge in [0.05, 0.1) is 0 Å². The van der Waals surface area contributed by atoms with Crippen LogP contribution in [0.5, 0.6) is 0 Å². The monoisotopic (exact) mass is 328 g/mol. The molecule has 100 valence electrons. The van der Waals surface area contributed by atoms with E-state index in [0.29, 0.717) is 15.0 Å². The average Bonchev–Trinajstić information content (AvgIpc) is 3.33. The standard InChI is InChI=1S/C18H16OSe/c19-13-16-7-5-4-6-15(16)12-18(14-10-11-14)20-17-8-2-1-3-9-17/h1-9,12-14H,10-11H2/b18-12+. The number of hydrogen-bond acceptors (Lipinski definition) is 1. The molecule has 0 saturated heterocycles. The number of rotatable bonds is 5. The Morgan fingerprint density at radius 3 is 2.25 bits per heavy atom. The summed E-state index contributed by atoms with van der Waals surface area (Å²) in [4.78, 5) is 11.1. The Bertz CT molecular complexity index is 627. The van der Waals surface area contributed by atoms with Gasteiger partial charge in [-0.05, 0) is 0 Å². The van der Waals surface area contributed by atoms with Gasteiger partial charge in [0.25, 0.3) is 0 Å². The van der Waals surface area contributed by atoms with E-state index < -0.39 is 0 Å². The maximum absolute atomic E-state index is 11.1. The third kappa shape index (κ3) is 3.27. The van der Waals surface area contributed by atoms with Gasteiger partial charge in [-0.15, -0.1) is 0 Å². The van der Waals surface area contributed by atoms with Gasteiger partial charge in [-0.2, -0.15) is 0 Å². The Hall–Kier alpha value is -1.63. The molecule has 1 aliphatic rings. The first-order valence-corrected chi connectivity index (χ1v) is 8.57. The zero-order valence-corrected chi connectivity index (χ0v) is 12.9. The van der Waals surface area contributed by atoms with Crippen LogP contribution in [0.2, 0.25) is 0 Å². The van der Waals surface area contributed by atoms with Gasteiger partial charge in [-0.3, -0.25) is 0 Å². The summed E-state index contributed by atoms with van der Waals surface area (Å²) in [6.07, 6.45) is 5.79. The minimum absolute atomic E-state index is 0.360. The van der Waals surface area contributed by atoms with Gasteiger partial charge in [0.2, 0.25) is 0 Å². The van der Waals surface area contributed by atoms with Crippen molar-refractivity contribution in [2.75, 3.05) is 0 Å². The predicted octanol–water partition coefficient (Wildman–Crippen LogP) is 3.28. The third-order valence-electron chi connectivity index (χ3n) is 3.38. The first-order valence-electron chi connectivity index (χ1n) is 6.85. The summed E-state index contributed by atoms with van der Waals surface area (Å²) in [6, 6.07) is 18.5. The molecule has 0 atom stereocenters. The van der Waals surface area contributed by atoms with Crippen LogP contribution in [0.3, 0.4) is 0 Å². The first-order chi connectivity index (χ1) is 9.86. The molecule has 0 amide bonds. The van der Waals surface area contributed by atoms with Crippen LogP contribution in [0, 0.1) is 5.92 Å². The summed E-state index contributed by atoms with van der Waals surface area (Å²) >= 11 is 0.360. The van der Waals surface area contributed by atoms with E-state index in [1.165, 1.54) is 21.8 Å². The molecule has 1 nitrogen and oxygen atoms in total. The van der Waals surface area contributed by atoms with Gasteiger partial charge in [0, 0.05) is 0 Å². The summed E-state index contributed by atoms with van der Waals surface area (Å²) in [5.74, 6) is 0.731. The van der Waals surface area contributed by atoms with Gasteiger partial charge in [-0.25, -0.2) is 0 Å². The number of hydrogen-bond donors (Lipinski definition) is 0.